The monoisotopic (exact) mass is 258 g/mol. The second-order valence-electron chi connectivity index (χ2n) is 3.42. The van der Waals surface area contributed by atoms with Gasteiger partial charge in [0.2, 0.25) is 11.8 Å². The predicted molar refractivity (Wildman–Crippen MR) is 58.9 cm³/mol. The number of ether oxygens (including phenoxy) is 1. The maximum absolute atomic E-state index is 12.1. The molecule has 3 N–H and O–H groups in total. The molecule has 1 aromatic carbocycles. The number of hydrogen-bond acceptors (Lipinski definition) is 5. The number of halogens is 3. The van der Waals surface area contributed by atoms with Gasteiger partial charge in [-0.25, -0.2) is 10.8 Å². The number of aromatic nitrogens is 2. The number of anilines is 1. The van der Waals surface area contributed by atoms with Crippen LogP contribution in [0.5, 0.6) is 5.88 Å². The number of fused-ring (bicyclic) bond motifs is 1. The lowest BCUT2D eigenvalue weighted by atomic mass is 10.2. The second-order valence-corrected chi connectivity index (χ2v) is 3.42. The van der Waals surface area contributed by atoms with Gasteiger partial charge in [0.15, 0.2) is 6.61 Å². The summed E-state index contributed by atoms with van der Waals surface area (Å²) < 4.78 is 41.0. The quantitative estimate of drug-likeness (QED) is 0.649. The van der Waals surface area contributed by atoms with Crippen LogP contribution < -0.4 is 16.0 Å². The van der Waals surface area contributed by atoms with E-state index in [-0.39, 0.29) is 11.8 Å². The Morgan fingerprint density at radius 3 is 2.61 bits per heavy atom. The Morgan fingerprint density at radius 2 is 1.94 bits per heavy atom. The van der Waals surface area contributed by atoms with E-state index in [0.29, 0.717) is 10.9 Å². The van der Waals surface area contributed by atoms with Crippen molar-refractivity contribution in [3.63, 3.8) is 0 Å². The summed E-state index contributed by atoms with van der Waals surface area (Å²) in [5.74, 6) is 4.97. The molecule has 0 spiro atoms. The van der Waals surface area contributed by atoms with Gasteiger partial charge in [-0.1, -0.05) is 12.1 Å². The second kappa shape index (κ2) is 4.65. The Balaban J connectivity index is 2.41. The summed E-state index contributed by atoms with van der Waals surface area (Å²) >= 11 is 0. The molecule has 0 fully saturated rings. The first-order valence-electron chi connectivity index (χ1n) is 4.92. The van der Waals surface area contributed by atoms with Crippen LogP contribution in [0.25, 0.3) is 10.9 Å². The lowest BCUT2D eigenvalue weighted by Crippen LogP contribution is -2.20. The zero-order valence-corrected chi connectivity index (χ0v) is 9.03. The molecule has 0 radical (unpaired) electrons. The number of hydrogen-bond donors (Lipinski definition) is 2. The molecule has 0 aliphatic heterocycles. The van der Waals surface area contributed by atoms with Gasteiger partial charge in [0.25, 0.3) is 0 Å². The van der Waals surface area contributed by atoms with Gasteiger partial charge in [-0.15, -0.1) is 0 Å². The predicted octanol–water partition coefficient (Wildman–Crippen LogP) is 1.86. The highest BCUT2D eigenvalue weighted by Crippen LogP contribution is 2.25. The van der Waals surface area contributed by atoms with Crippen LogP contribution >= 0.6 is 0 Å². The summed E-state index contributed by atoms with van der Waals surface area (Å²) in [7, 11) is 0. The van der Waals surface area contributed by atoms with Crippen LogP contribution in [-0.4, -0.2) is 22.8 Å². The van der Waals surface area contributed by atoms with E-state index in [4.69, 9.17) is 5.84 Å². The average molecular weight is 258 g/mol. The number of rotatable bonds is 3. The van der Waals surface area contributed by atoms with E-state index in [1.807, 2.05) is 0 Å². The molecule has 0 atom stereocenters. The van der Waals surface area contributed by atoms with Crippen molar-refractivity contribution >= 4 is 16.9 Å². The molecule has 0 amide bonds. The molecule has 1 aromatic heterocycles. The van der Waals surface area contributed by atoms with Crippen molar-refractivity contribution in [1.82, 2.24) is 9.97 Å². The minimum atomic E-state index is -4.43. The van der Waals surface area contributed by atoms with Crippen molar-refractivity contribution in [2.24, 2.45) is 5.84 Å². The molecule has 0 aliphatic carbocycles. The SMILES string of the molecule is NNc1nc(OCC(F)(F)F)c2ccccc2n1. The van der Waals surface area contributed by atoms with E-state index >= 15 is 0 Å². The normalized spacial score (nSPS) is 11.6. The molecule has 0 saturated carbocycles. The Morgan fingerprint density at radius 1 is 1.22 bits per heavy atom. The van der Waals surface area contributed by atoms with Crippen LogP contribution in [0.1, 0.15) is 0 Å². The minimum Gasteiger partial charge on any atom is -0.467 e. The third-order valence-corrected chi connectivity index (χ3v) is 2.07. The van der Waals surface area contributed by atoms with Crippen molar-refractivity contribution in [2.75, 3.05) is 12.0 Å². The fourth-order valence-electron chi connectivity index (χ4n) is 1.37. The zero-order valence-electron chi connectivity index (χ0n) is 9.03. The van der Waals surface area contributed by atoms with Crippen molar-refractivity contribution in [1.29, 1.82) is 0 Å². The molecule has 18 heavy (non-hydrogen) atoms. The largest absolute Gasteiger partial charge is 0.467 e. The van der Waals surface area contributed by atoms with E-state index in [1.165, 1.54) is 0 Å². The minimum absolute atomic E-state index is 0.00845. The molecule has 0 saturated heterocycles. The maximum Gasteiger partial charge on any atom is 0.422 e. The topological polar surface area (TPSA) is 73.1 Å². The molecule has 0 aliphatic rings. The van der Waals surface area contributed by atoms with Crippen LogP contribution in [-0.2, 0) is 0 Å². The standard InChI is InChI=1S/C10H9F3N4O/c11-10(12,13)5-18-8-6-3-1-2-4-7(6)15-9(16-8)17-14/h1-4H,5,14H2,(H,15,16,17). The molecule has 96 valence electrons. The summed E-state index contributed by atoms with van der Waals surface area (Å²) in [5.41, 5.74) is 2.62. The first kappa shape index (κ1) is 12.4. The van der Waals surface area contributed by atoms with Crippen LogP contribution in [0.2, 0.25) is 0 Å². The van der Waals surface area contributed by atoms with E-state index in [2.05, 4.69) is 20.1 Å². The highest BCUT2D eigenvalue weighted by atomic mass is 19.4. The summed E-state index contributed by atoms with van der Waals surface area (Å²) in [5, 5.41) is 0.390. The zero-order chi connectivity index (χ0) is 13.2. The molecular formula is C10H9F3N4O. The number of nitrogens with two attached hydrogens (primary N) is 1. The summed E-state index contributed by atoms with van der Waals surface area (Å²) in [6.45, 7) is -1.42. The fourth-order valence-corrected chi connectivity index (χ4v) is 1.37. The van der Waals surface area contributed by atoms with Crippen LogP contribution in [0.4, 0.5) is 19.1 Å². The van der Waals surface area contributed by atoms with E-state index in [1.54, 1.807) is 24.3 Å². The number of para-hydroxylation sites is 1. The van der Waals surface area contributed by atoms with Crippen LogP contribution in [0.3, 0.4) is 0 Å². The molecule has 2 rings (SSSR count). The fraction of sp³-hybridized carbons (Fsp3) is 0.200. The summed E-state index contributed by atoms with van der Waals surface area (Å²) in [4.78, 5) is 7.74. The van der Waals surface area contributed by atoms with Gasteiger partial charge in [-0.3, -0.25) is 5.43 Å². The first-order chi connectivity index (χ1) is 8.49. The van der Waals surface area contributed by atoms with Crippen molar-refractivity contribution < 1.29 is 17.9 Å². The Bertz CT molecular complexity index is 558. The molecule has 8 heteroatoms. The van der Waals surface area contributed by atoms with E-state index < -0.39 is 12.8 Å². The van der Waals surface area contributed by atoms with E-state index in [9.17, 15) is 13.2 Å². The Kier molecular flexibility index (Phi) is 3.19. The Hall–Kier alpha value is -2.09. The van der Waals surface area contributed by atoms with Crippen LogP contribution in [0, 0.1) is 0 Å². The van der Waals surface area contributed by atoms with Gasteiger partial charge in [0.05, 0.1) is 10.9 Å². The number of benzene rings is 1. The number of nitrogens with zero attached hydrogens (tertiary/aromatic N) is 2. The van der Waals surface area contributed by atoms with Crippen molar-refractivity contribution in [3.05, 3.63) is 24.3 Å². The number of nitrogens with one attached hydrogen (secondary N) is 1. The number of nitrogen functional groups attached to an aromatic ring is 1. The molecule has 5 nitrogen and oxygen atoms in total. The van der Waals surface area contributed by atoms with Gasteiger partial charge in [0, 0.05) is 0 Å². The number of hydrazine groups is 1. The van der Waals surface area contributed by atoms with E-state index in [0.717, 1.165) is 0 Å². The number of alkyl halides is 3. The lowest BCUT2D eigenvalue weighted by Gasteiger charge is -2.11. The molecule has 0 unspecified atom stereocenters. The highest BCUT2D eigenvalue weighted by Gasteiger charge is 2.29. The summed E-state index contributed by atoms with van der Waals surface area (Å²) in [6.07, 6.45) is -4.43. The lowest BCUT2D eigenvalue weighted by molar-refractivity contribution is -0.153. The third-order valence-electron chi connectivity index (χ3n) is 2.07. The van der Waals surface area contributed by atoms with Gasteiger partial charge in [0.1, 0.15) is 0 Å². The van der Waals surface area contributed by atoms with Crippen LogP contribution in [0.15, 0.2) is 24.3 Å². The smallest absolute Gasteiger partial charge is 0.422 e. The maximum atomic E-state index is 12.1. The first-order valence-corrected chi connectivity index (χ1v) is 4.92. The van der Waals surface area contributed by atoms with Gasteiger partial charge >= 0.3 is 6.18 Å². The summed E-state index contributed by atoms with van der Waals surface area (Å²) in [6, 6.07) is 6.55. The molecular weight excluding hydrogens is 249 g/mol. The Labute approximate surface area is 99.8 Å². The highest BCUT2D eigenvalue weighted by molar-refractivity contribution is 5.84. The van der Waals surface area contributed by atoms with Crippen molar-refractivity contribution in [2.45, 2.75) is 6.18 Å². The third kappa shape index (κ3) is 2.77. The molecule has 0 bridgehead atoms. The van der Waals surface area contributed by atoms with Gasteiger partial charge in [-0.2, -0.15) is 18.2 Å². The van der Waals surface area contributed by atoms with Gasteiger partial charge < -0.3 is 4.74 Å². The van der Waals surface area contributed by atoms with Gasteiger partial charge in [-0.05, 0) is 12.1 Å². The molecule has 1 heterocycles. The average Bonchev–Trinajstić information content (AvgIpc) is 2.34. The molecule has 2 aromatic rings. The van der Waals surface area contributed by atoms with Crippen molar-refractivity contribution in [3.8, 4) is 5.88 Å².